The molecule has 0 radical (unpaired) electrons. The Kier molecular flexibility index (Phi) is 3.77. The SMILES string of the molecule is CNCCc1c[nH]c2ccc(-c3ccccc3)c(Cl)c12. The first-order valence-corrected chi connectivity index (χ1v) is 7.17. The van der Waals surface area contributed by atoms with E-state index in [9.17, 15) is 0 Å². The summed E-state index contributed by atoms with van der Waals surface area (Å²) in [6.45, 7) is 0.943. The van der Waals surface area contributed by atoms with Crippen LogP contribution in [0.3, 0.4) is 0 Å². The van der Waals surface area contributed by atoms with Crippen LogP contribution in [-0.4, -0.2) is 18.6 Å². The van der Waals surface area contributed by atoms with Crippen LogP contribution in [0.25, 0.3) is 22.0 Å². The van der Waals surface area contributed by atoms with Gasteiger partial charge in [0, 0.05) is 22.7 Å². The largest absolute Gasteiger partial charge is 0.361 e. The Bertz CT molecular complexity index is 716. The molecule has 0 saturated carbocycles. The maximum atomic E-state index is 6.66. The molecule has 0 bridgehead atoms. The van der Waals surface area contributed by atoms with E-state index in [1.54, 1.807) is 0 Å². The van der Waals surface area contributed by atoms with Gasteiger partial charge in [0.25, 0.3) is 0 Å². The molecule has 3 rings (SSSR count). The lowest BCUT2D eigenvalue weighted by molar-refractivity contribution is 0.795. The van der Waals surface area contributed by atoms with Gasteiger partial charge < -0.3 is 10.3 Å². The Morgan fingerprint density at radius 3 is 2.65 bits per heavy atom. The normalized spacial score (nSPS) is 11.1. The standard InChI is InChI=1S/C17H17ClN2/c1-19-10-9-13-11-20-15-8-7-14(17(18)16(13)15)12-5-3-2-4-6-12/h2-8,11,19-20H,9-10H2,1H3. The lowest BCUT2D eigenvalue weighted by Crippen LogP contribution is -2.09. The minimum Gasteiger partial charge on any atom is -0.361 e. The number of hydrogen-bond acceptors (Lipinski definition) is 1. The van der Waals surface area contributed by atoms with Crippen molar-refractivity contribution in [3.8, 4) is 11.1 Å². The van der Waals surface area contributed by atoms with Crippen molar-refractivity contribution in [1.82, 2.24) is 10.3 Å². The molecular weight excluding hydrogens is 268 g/mol. The van der Waals surface area contributed by atoms with Crippen LogP contribution in [0, 0.1) is 0 Å². The molecule has 0 unspecified atom stereocenters. The molecule has 2 aromatic carbocycles. The Hall–Kier alpha value is -1.77. The summed E-state index contributed by atoms with van der Waals surface area (Å²) in [6, 6.07) is 14.5. The topological polar surface area (TPSA) is 27.8 Å². The third kappa shape index (κ3) is 2.33. The summed E-state index contributed by atoms with van der Waals surface area (Å²) in [5, 5.41) is 5.16. The van der Waals surface area contributed by atoms with E-state index in [1.807, 2.05) is 25.2 Å². The van der Waals surface area contributed by atoms with E-state index in [0.717, 1.165) is 40.0 Å². The van der Waals surface area contributed by atoms with E-state index in [2.05, 4.69) is 40.8 Å². The summed E-state index contributed by atoms with van der Waals surface area (Å²) in [5.74, 6) is 0. The second-order valence-corrected chi connectivity index (χ2v) is 5.26. The highest BCUT2D eigenvalue weighted by molar-refractivity contribution is 6.38. The molecule has 0 atom stereocenters. The fourth-order valence-corrected chi connectivity index (χ4v) is 2.94. The summed E-state index contributed by atoms with van der Waals surface area (Å²) >= 11 is 6.66. The number of aromatic amines is 1. The van der Waals surface area contributed by atoms with Crippen molar-refractivity contribution < 1.29 is 0 Å². The number of rotatable bonds is 4. The molecule has 3 aromatic rings. The molecule has 1 aromatic heterocycles. The van der Waals surface area contributed by atoms with Gasteiger partial charge in [-0.3, -0.25) is 0 Å². The van der Waals surface area contributed by atoms with Gasteiger partial charge in [0.05, 0.1) is 5.02 Å². The van der Waals surface area contributed by atoms with Crippen LogP contribution in [0.2, 0.25) is 5.02 Å². The summed E-state index contributed by atoms with van der Waals surface area (Å²) in [7, 11) is 1.96. The summed E-state index contributed by atoms with van der Waals surface area (Å²) in [5.41, 5.74) is 4.60. The maximum absolute atomic E-state index is 6.66. The van der Waals surface area contributed by atoms with Crippen LogP contribution in [0.4, 0.5) is 0 Å². The minimum atomic E-state index is 0.834. The van der Waals surface area contributed by atoms with E-state index >= 15 is 0 Å². The van der Waals surface area contributed by atoms with Crippen molar-refractivity contribution in [2.24, 2.45) is 0 Å². The summed E-state index contributed by atoms with van der Waals surface area (Å²) < 4.78 is 0. The predicted octanol–water partition coefficient (Wildman–Crippen LogP) is 4.25. The Morgan fingerprint density at radius 1 is 1.10 bits per heavy atom. The fraction of sp³-hybridized carbons (Fsp3) is 0.176. The second-order valence-electron chi connectivity index (χ2n) is 4.88. The molecule has 0 amide bonds. The van der Waals surface area contributed by atoms with E-state index < -0.39 is 0 Å². The zero-order valence-electron chi connectivity index (χ0n) is 11.4. The van der Waals surface area contributed by atoms with Crippen LogP contribution in [0.15, 0.2) is 48.7 Å². The lowest BCUT2D eigenvalue weighted by atomic mass is 10.0. The smallest absolute Gasteiger partial charge is 0.0580 e. The van der Waals surface area contributed by atoms with Crippen molar-refractivity contribution in [3.05, 3.63) is 59.2 Å². The number of fused-ring (bicyclic) bond motifs is 1. The molecule has 0 fully saturated rings. The van der Waals surface area contributed by atoms with Crippen molar-refractivity contribution in [3.63, 3.8) is 0 Å². The zero-order valence-corrected chi connectivity index (χ0v) is 12.2. The third-order valence-corrected chi connectivity index (χ3v) is 3.99. The van der Waals surface area contributed by atoms with Crippen LogP contribution < -0.4 is 5.32 Å². The molecule has 0 aliphatic heterocycles. The monoisotopic (exact) mass is 284 g/mol. The van der Waals surface area contributed by atoms with Gasteiger partial charge >= 0.3 is 0 Å². The van der Waals surface area contributed by atoms with Gasteiger partial charge in [0.15, 0.2) is 0 Å². The highest BCUT2D eigenvalue weighted by atomic mass is 35.5. The first-order chi connectivity index (χ1) is 9.81. The first kappa shape index (κ1) is 13.2. The van der Waals surface area contributed by atoms with Gasteiger partial charge in [-0.2, -0.15) is 0 Å². The Balaban J connectivity index is 2.14. The number of aromatic nitrogens is 1. The maximum Gasteiger partial charge on any atom is 0.0580 e. The quantitative estimate of drug-likeness (QED) is 0.736. The molecule has 20 heavy (non-hydrogen) atoms. The first-order valence-electron chi connectivity index (χ1n) is 6.79. The summed E-state index contributed by atoms with van der Waals surface area (Å²) in [4.78, 5) is 3.30. The molecule has 0 aliphatic rings. The van der Waals surface area contributed by atoms with Gasteiger partial charge in [0.2, 0.25) is 0 Å². The number of hydrogen-bond donors (Lipinski definition) is 2. The lowest BCUT2D eigenvalue weighted by Gasteiger charge is -2.07. The van der Waals surface area contributed by atoms with Gasteiger partial charge in [0.1, 0.15) is 0 Å². The highest BCUT2D eigenvalue weighted by Crippen LogP contribution is 2.36. The average molecular weight is 285 g/mol. The van der Waals surface area contributed by atoms with Gasteiger partial charge in [-0.1, -0.05) is 48.0 Å². The molecule has 2 nitrogen and oxygen atoms in total. The van der Waals surface area contributed by atoms with Crippen molar-refractivity contribution in [1.29, 1.82) is 0 Å². The number of benzene rings is 2. The van der Waals surface area contributed by atoms with Crippen LogP contribution in [-0.2, 0) is 6.42 Å². The van der Waals surface area contributed by atoms with E-state index in [4.69, 9.17) is 11.6 Å². The molecule has 1 heterocycles. The van der Waals surface area contributed by atoms with E-state index in [0.29, 0.717) is 0 Å². The highest BCUT2D eigenvalue weighted by Gasteiger charge is 2.12. The number of halogens is 1. The molecular formula is C17H17ClN2. The van der Waals surface area contributed by atoms with Crippen molar-refractivity contribution in [2.45, 2.75) is 6.42 Å². The number of likely N-dealkylation sites (N-methyl/N-ethyl adjacent to an activating group) is 1. The third-order valence-electron chi connectivity index (χ3n) is 3.59. The van der Waals surface area contributed by atoms with Crippen LogP contribution >= 0.6 is 11.6 Å². The van der Waals surface area contributed by atoms with E-state index in [-0.39, 0.29) is 0 Å². The van der Waals surface area contributed by atoms with E-state index in [1.165, 1.54) is 5.56 Å². The molecule has 3 heteroatoms. The Morgan fingerprint density at radius 2 is 1.90 bits per heavy atom. The average Bonchev–Trinajstić information content (AvgIpc) is 2.90. The van der Waals surface area contributed by atoms with Gasteiger partial charge in [-0.05, 0) is 37.2 Å². The predicted molar refractivity (Wildman–Crippen MR) is 86.4 cm³/mol. The van der Waals surface area contributed by atoms with Crippen LogP contribution in [0.1, 0.15) is 5.56 Å². The second kappa shape index (κ2) is 5.70. The van der Waals surface area contributed by atoms with Gasteiger partial charge in [-0.15, -0.1) is 0 Å². The molecule has 0 aliphatic carbocycles. The summed E-state index contributed by atoms with van der Waals surface area (Å²) in [6.07, 6.45) is 3.02. The molecule has 102 valence electrons. The van der Waals surface area contributed by atoms with Crippen molar-refractivity contribution in [2.75, 3.05) is 13.6 Å². The van der Waals surface area contributed by atoms with Crippen LogP contribution in [0.5, 0.6) is 0 Å². The fourth-order valence-electron chi connectivity index (χ4n) is 2.54. The molecule has 2 N–H and O–H groups in total. The molecule has 0 saturated heterocycles. The Labute approximate surface area is 123 Å². The van der Waals surface area contributed by atoms with Crippen molar-refractivity contribution >= 4 is 22.5 Å². The zero-order chi connectivity index (χ0) is 13.9. The number of H-pyrrole nitrogens is 1. The minimum absolute atomic E-state index is 0.834. The molecule has 0 spiro atoms. The van der Waals surface area contributed by atoms with Gasteiger partial charge in [-0.25, -0.2) is 0 Å². The number of nitrogens with one attached hydrogen (secondary N) is 2.